The van der Waals surface area contributed by atoms with E-state index >= 15 is 0 Å². The Labute approximate surface area is 122 Å². The second kappa shape index (κ2) is 7.67. The lowest BCUT2D eigenvalue weighted by molar-refractivity contribution is 0.362. The second-order valence-corrected chi connectivity index (χ2v) is 5.72. The molecule has 2 atom stereocenters. The molecule has 1 N–H and O–H groups in total. The molecule has 0 radical (unpaired) electrons. The summed E-state index contributed by atoms with van der Waals surface area (Å²) in [6.45, 7) is 6.40. The highest BCUT2D eigenvalue weighted by Crippen LogP contribution is 2.36. The van der Waals surface area contributed by atoms with Gasteiger partial charge in [0.15, 0.2) is 5.75 Å². The number of nitrogens with one attached hydrogen (secondary N) is 1. The molecule has 114 valence electrons. The number of methoxy groups -OCH3 is 1. The lowest BCUT2D eigenvalue weighted by atomic mass is 9.90. The predicted molar refractivity (Wildman–Crippen MR) is 82.4 cm³/mol. The van der Waals surface area contributed by atoms with Crippen LogP contribution in [0.25, 0.3) is 0 Å². The van der Waals surface area contributed by atoms with Crippen LogP contribution in [0.4, 0.5) is 0 Å². The van der Waals surface area contributed by atoms with Crippen LogP contribution in [-0.2, 0) is 6.54 Å². The molecule has 2 rings (SSSR count). The molecule has 0 amide bonds. The van der Waals surface area contributed by atoms with Crippen LogP contribution in [0.1, 0.15) is 64.0 Å². The Morgan fingerprint density at radius 1 is 1.30 bits per heavy atom. The summed E-state index contributed by atoms with van der Waals surface area (Å²) in [6.07, 6.45) is 9.57. The molecule has 1 aliphatic carbocycles. The van der Waals surface area contributed by atoms with E-state index in [9.17, 15) is 0 Å². The first-order chi connectivity index (χ1) is 9.81. The van der Waals surface area contributed by atoms with Gasteiger partial charge in [0.05, 0.1) is 19.0 Å². The number of hydrogen-bond acceptors (Lipinski definition) is 3. The molecular formula is C16H29N3O. The van der Waals surface area contributed by atoms with Crippen LogP contribution < -0.4 is 10.1 Å². The smallest absolute Gasteiger partial charge is 0.160 e. The number of rotatable bonds is 6. The second-order valence-electron chi connectivity index (χ2n) is 5.72. The first-order valence-electron chi connectivity index (χ1n) is 8.14. The van der Waals surface area contributed by atoms with E-state index in [0.29, 0.717) is 12.0 Å². The molecule has 20 heavy (non-hydrogen) atoms. The monoisotopic (exact) mass is 279 g/mol. The number of ether oxygens (including phenoxy) is 1. The largest absolute Gasteiger partial charge is 0.493 e. The molecule has 0 aromatic carbocycles. The molecule has 2 unspecified atom stereocenters. The Morgan fingerprint density at radius 2 is 2.10 bits per heavy atom. The van der Waals surface area contributed by atoms with E-state index < -0.39 is 0 Å². The zero-order valence-corrected chi connectivity index (χ0v) is 13.2. The topological polar surface area (TPSA) is 39.1 Å². The van der Waals surface area contributed by atoms with E-state index in [0.717, 1.165) is 18.8 Å². The summed E-state index contributed by atoms with van der Waals surface area (Å²) in [5.41, 5.74) is 1.30. The van der Waals surface area contributed by atoms with E-state index in [4.69, 9.17) is 4.74 Å². The normalized spacial score (nSPS) is 23.6. The summed E-state index contributed by atoms with van der Waals surface area (Å²) in [5, 5.41) is 8.25. The van der Waals surface area contributed by atoms with Gasteiger partial charge in [-0.3, -0.25) is 4.68 Å². The summed E-state index contributed by atoms with van der Waals surface area (Å²) in [6, 6.07) is 0.563. The SMILES string of the molecule is CCCNC1CCCCCC1c1c(OC)cnn1CC. The maximum Gasteiger partial charge on any atom is 0.160 e. The van der Waals surface area contributed by atoms with Gasteiger partial charge in [0, 0.05) is 18.5 Å². The van der Waals surface area contributed by atoms with Crippen molar-refractivity contribution in [2.24, 2.45) is 0 Å². The average Bonchev–Trinajstić information content (AvgIpc) is 2.75. The van der Waals surface area contributed by atoms with Crippen LogP contribution >= 0.6 is 0 Å². The van der Waals surface area contributed by atoms with Crippen LogP contribution in [0, 0.1) is 0 Å². The Morgan fingerprint density at radius 3 is 2.80 bits per heavy atom. The lowest BCUT2D eigenvalue weighted by Gasteiger charge is -2.27. The lowest BCUT2D eigenvalue weighted by Crippen LogP contribution is -2.36. The van der Waals surface area contributed by atoms with E-state index in [1.165, 1.54) is 44.2 Å². The zero-order chi connectivity index (χ0) is 14.4. The van der Waals surface area contributed by atoms with Gasteiger partial charge in [-0.25, -0.2) is 0 Å². The summed E-state index contributed by atoms with van der Waals surface area (Å²) >= 11 is 0. The van der Waals surface area contributed by atoms with Gasteiger partial charge in [-0.1, -0.05) is 26.2 Å². The highest BCUT2D eigenvalue weighted by molar-refractivity contribution is 5.30. The van der Waals surface area contributed by atoms with E-state index in [1.807, 2.05) is 6.20 Å². The third-order valence-electron chi connectivity index (χ3n) is 4.39. The standard InChI is InChI=1S/C16H29N3O/c1-4-11-17-14-10-8-6-7-9-13(14)16-15(20-3)12-18-19(16)5-2/h12-14,17H,4-11H2,1-3H3. The van der Waals surface area contributed by atoms with Gasteiger partial charge < -0.3 is 10.1 Å². The molecule has 0 aliphatic heterocycles. The minimum absolute atomic E-state index is 0.529. The van der Waals surface area contributed by atoms with Crippen molar-refractivity contribution in [2.45, 2.75) is 70.9 Å². The minimum atomic E-state index is 0.529. The van der Waals surface area contributed by atoms with Crippen molar-refractivity contribution in [3.05, 3.63) is 11.9 Å². The first kappa shape index (κ1) is 15.4. The molecule has 1 fully saturated rings. The van der Waals surface area contributed by atoms with Gasteiger partial charge in [0.1, 0.15) is 0 Å². The van der Waals surface area contributed by atoms with Gasteiger partial charge in [-0.15, -0.1) is 0 Å². The van der Waals surface area contributed by atoms with Gasteiger partial charge in [-0.2, -0.15) is 5.10 Å². The van der Waals surface area contributed by atoms with Crippen molar-refractivity contribution in [1.82, 2.24) is 15.1 Å². The van der Waals surface area contributed by atoms with Gasteiger partial charge in [-0.05, 0) is 32.7 Å². The first-order valence-corrected chi connectivity index (χ1v) is 8.14. The Bertz CT molecular complexity index is 381. The zero-order valence-electron chi connectivity index (χ0n) is 13.2. The van der Waals surface area contributed by atoms with Crippen LogP contribution in [0.15, 0.2) is 6.20 Å². The van der Waals surface area contributed by atoms with Gasteiger partial charge in [0.2, 0.25) is 0 Å². The Kier molecular flexibility index (Phi) is 5.89. The van der Waals surface area contributed by atoms with Crippen molar-refractivity contribution in [3.63, 3.8) is 0 Å². The summed E-state index contributed by atoms with van der Waals surface area (Å²) in [4.78, 5) is 0. The summed E-state index contributed by atoms with van der Waals surface area (Å²) in [7, 11) is 1.76. The molecule has 0 bridgehead atoms. The van der Waals surface area contributed by atoms with Crippen LogP contribution in [0.2, 0.25) is 0 Å². The van der Waals surface area contributed by atoms with Crippen LogP contribution in [0.3, 0.4) is 0 Å². The maximum absolute atomic E-state index is 5.56. The maximum atomic E-state index is 5.56. The van der Waals surface area contributed by atoms with E-state index in [2.05, 4.69) is 28.9 Å². The minimum Gasteiger partial charge on any atom is -0.493 e. The average molecular weight is 279 g/mol. The molecule has 0 saturated heterocycles. The van der Waals surface area contributed by atoms with Crippen molar-refractivity contribution in [2.75, 3.05) is 13.7 Å². The fraction of sp³-hybridized carbons (Fsp3) is 0.812. The Hall–Kier alpha value is -1.03. The molecule has 1 aromatic rings. The fourth-order valence-corrected chi connectivity index (χ4v) is 3.37. The third kappa shape index (κ3) is 3.35. The van der Waals surface area contributed by atoms with Crippen molar-refractivity contribution in [1.29, 1.82) is 0 Å². The highest BCUT2D eigenvalue weighted by atomic mass is 16.5. The third-order valence-corrected chi connectivity index (χ3v) is 4.39. The van der Waals surface area contributed by atoms with Gasteiger partial charge in [0.25, 0.3) is 0 Å². The molecule has 4 heteroatoms. The number of aromatic nitrogens is 2. The molecule has 1 aromatic heterocycles. The van der Waals surface area contributed by atoms with Crippen molar-refractivity contribution < 1.29 is 4.74 Å². The number of hydrogen-bond donors (Lipinski definition) is 1. The quantitative estimate of drug-likeness (QED) is 0.812. The molecule has 4 nitrogen and oxygen atoms in total. The van der Waals surface area contributed by atoms with Crippen LogP contribution in [0.5, 0.6) is 5.75 Å². The fourth-order valence-electron chi connectivity index (χ4n) is 3.37. The summed E-state index contributed by atoms with van der Waals surface area (Å²) < 4.78 is 7.68. The molecule has 1 aliphatic rings. The van der Waals surface area contributed by atoms with E-state index in [-0.39, 0.29) is 0 Å². The van der Waals surface area contributed by atoms with Crippen LogP contribution in [-0.4, -0.2) is 29.5 Å². The predicted octanol–water partition coefficient (Wildman–Crippen LogP) is 3.33. The highest BCUT2D eigenvalue weighted by Gasteiger charge is 2.30. The number of aryl methyl sites for hydroxylation is 1. The van der Waals surface area contributed by atoms with Crippen molar-refractivity contribution >= 4 is 0 Å². The molecule has 1 saturated carbocycles. The van der Waals surface area contributed by atoms with E-state index in [1.54, 1.807) is 7.11 Å². The Balaban J connectivity index is 2.27. The molecule has 1 heterocycles. The van der Waals surface area contributed by atoms with Gasteiger partial charge >= 0.3 is 0 Å². The summed E-state index contributed by atoms with van der Waals surface area (Å²) in [5.74, 6) is 1.49. The molecular weight excluding hydrogens is 250 g/mol. The van der Waals surface area contributed by atoms with Crippen molar-refractivity contribution in [3.8, 4) is 5.75 Å². The molecule has 0 spiro atoms. The number of nitrogens with zero attached hydrogens (tertiary/aromatic N) is 2.